The van der Waals surface area contributed by atoms with Gasteiger partial charge in [-0.3, -0.25) is 4.57 Å². The Balaban J connectivity index is 1.87. The molecule has 0 fully saturated rings. The summed E-state index contributed by atoms with van der Waals surface area (Å²) in [4.78, 5) is 4.77. The van der Waals surface area contributed by atoms with Crippen LogP contribution in [0.5, 0.6) is 0 Å². The van der Waals surface area contributed by atoms with Crippen molar-refractivity contribution in [1.29, 1.82) is 0 Å². The maximum Gasteiger partial charge on any atom is 0.164 e. The molecular weight excluding hydrogens is 331 g/mol. The lowest BCUT2D eigenvalue weighted by Gasteiger charge is -2.07. The summed E-state index contributed by atoms with van der Waals surface area (Å²) in [5, 5.41) is 4.63. The van der Waals surface area contributed by atoms with Gasteiger partial charge in [0.15, 0.2) is 7.85 Å². The second-order valence-corrected chi connectivity index (χ2v) is 6.92. The summed E-state index contributed by atoms with van der Waals surface area (Å²) in [6.45, 7) is 0. The lowest BCUT2D eigenvalue weighted by atomic mass is 10.0. The zero-order valence-corrected chi connectivity index (χ0v) is 14.8. The predicted octanol–water partition coefficient (Wildman–Crippen LogP) is 4.34. The molecular formula is C23H15BN2O. The van der Waals surface area contributed by atoms with Crippen LogP contribution in [-0.2, 0) is 0 Å². The van der Waals surface area contributed by atoms with E-state index in [9.17, 15) is 0 Å². The number of furan rings is 1. The summed E-state index contributed by atoms with van der Waals surface area (Å²) < 4.78 is 8.54. The topological polar surface area (TPSA) is 31.0 Å². The first-order valence-electron chi connectivity index (χ1n) is 9.09. The normalized spacial score (nSPS) is 11.9. The van der Waals surface area contributed by atoms with E-state index in [-0.39, 0.29) is 0 Å². The number of pyridine rings is 1. The Morgan fingerprint density at radius 2 is 1.52 bits per heavy atom. The Hall–Kier alpha value is -3.53. The average Bonchev–Trinajstić information content (AvgIpc) is 3.23. The van der Waals surface area contributed by atoms with Gasteiger partial charge >= 0.3 is 0 Å². The largest absolute Gasteiger partial charge is 0.455 e. The third-order valence-corrected chi connectivity index (χ3v) is 5.28. The van der Waals surface area contributed by atoms with Crippen LogP contribution < -0.4 is 5.59 Å². The molecule has 6 rings (SSSR count). The summed E-state index contributed by atoms with van der Waals surface area (Å²) in [6.07, 6.45) is 0. The maximum atomic E-state index is 6.31. The van der Waals surface area contributed by atoms with Crippen LogP contribution in [0, 0.1) is 0 Å². The number of hydrogen-bond acceptors (Lipinski definition) is 2. The highest BCUT2D eigenvalue weighted by Gasteiger charge is 2.18. The number of para-hydroxylation sites is 2. The van der Waals surface area contributed by atoms with Gasteiger partial charge in [-0.15, -0.1) is 0 Å². The highest BCUT2D eigenvalue weighted by Crippen LogP contribution is 2.39. The molecule has 3 heterocycles. The fraction of sp³-hybridized carbons (Fsp3) is 0. The van der Waals surface area contributed by atoms with Crippen molar-refractivity contribution in [1.82, 2.24) is 9.55 Å². The molecule has 4 heteroatoms. The lowest BCUT2D eigenvalue weighted by molar-refractivity contribution is 0.673. The predicted molar refractivity (Wildman–Crippen MR) is 114 cm³/mol. The number of fused-ring (bicyclic) bond motifs is 7. The van der Waals surface area contributed by atoms with Crippen LogP contribution >= 0.6 is 0 Å². The van der Waals surface area contributed by atoms with Crippen molar-refractivity contribution in [2.75, 3.05) is 0 Å². The summed E-state index contributed by atoms with van der Waals surface area (Å²) in [5.41, 5.74) is 5.12. The van der Waals surface area contributed by atoms with Crippen molar-refractivity contribution >= 4 is 57.2 Å². The van der Waals surface area contributed by atoms with Gasteiger partial charge < -0.3 is 4.42 Å². The molecule has 0 amide bonds. The SMILES string of the molecule is Bc1cccc(-n2c3ccccc3c3c4oc5ccccc5c4ccc32)n1. The molecule has 0 radical (unpaired) electrons. The van der Waals surface area contributed by atoms with Gasteiger partial charge in [0.25, 0.3) is 0 Å². The molecule has 6 aromatic rings. The first-order valence-corrected chi connectivity index (χ1v) is 9.09. The van der Waals surface area contributed by atoms with Gasteiger partial charge in [-0.25, -0.2) is 4.98 Å². The van der Waals surface area contributed by atoms with Crippen LogP contribution in [0.4, 0.5) is 0 Å². The summed E-state index contributed by atoms with van der Waals surface area (Å²) in [5.74, 6) is 0.927. The van der Waals surface area contributed by atoms with Gasteiger partial charge in [-0.2, -0.15) is 0 Å². The van der Waals surface area contributed by atoms with E-state index < -0.39 is 0 Å². The number of nitrogens with zero attached hydrogens (tertiary/aromatic N) is 2. The van der Waals surface area contributed by atoms with E-state index in [1.54, 1.807) is 0 Å². The van der Waals surface area contributed by atoms with Crippen LogP contribution in [0.25, 0.3) is 49.6 Å². The fourth-order valence-electron chi connectivity index (χ4n) is 4.13. The van der Waals surface area contributed by atoms with E-state index in [1.165, 1.54) is 5.39 Å². The van der Waals surface area contributed by atoms with E-state index in [2.05, 4.69) is 65.2 Å². The van der Waals surface area contributed by atoms with Gasteiger partial charge in [-0.05, 0) is 35.9 Å². The minimum Gasteiger partial charge on any atom is -0.455 e. The number of hydrogen-bond donors (Lipinski definition) is 0. The molecule has 0 unspecified atom stereocenters. The van der Waals surface area contributed by atoms with Crippen LogP contribution in [0.15, 0.2) is 83.3 Å². The Bertz CT molecular complexity index is 1490. The van der Waals surface area contributed by atoms with Gasteiger partial charge in [-0.1, -0.05) is 48.5 Å². The van der Waals surface area contributed by atoms with Crippen LogP contribution in [-0.4, -0.2) is 17.4 Å². The molecule has 0 aliphatic rings. The second-order valence-electron chi connectivity index (χ2n) is 6.92. The highest BCUT2D eigenvalue weighted by molar-refractivity contribution is 6.30. The van der Waals surface area contributed by atoms with Crippen molar-refractivity contribution in [3.05, 3.63) is 78.9 Å². The first-order chi connectivity index (χ1) is 13.3. The molecule has 0 atom stereocenters. The standard InChI is InChI=1S/C23H15BN2O/c24-20-10-5-11-21(25-20)26-17-8-3-1-7-16(17)22-18(26)13-12-15-14-6-2-4-9-19(14)27-23(15)22/h1-13H,24H2. The van der Waals surface area contributed by atoms with E-state index in [1.807, 2.05) is 26.0 Å². The quantitative estimate of drug-likeness (QED) is 0.415. The molecule has 0 saturated carbocycles. The second kappa shape index (κ2) is 5.24. The molecule has 0 spiro atoms. The van der Waals surface area contributed by atoms with E-state index in [0.29, 0.717) is 0 Å². The van der Waals surface area contributed by atoms with Gasteiger partial charge in [0.2, 0.25) is 0 Å². The van der Waals surface area contributed by atoms with Crippen molar-refractivity contribution < 1.29 is 4.42 Å². The molecule has 0 aliphatic carbocycles. The van der Waals surface area contributed by atoms with E-state index in [0.717, 1.165) is 49.8 Å². The van der Waals surface area contributed by atoms with Gasteiger partial charge in [0.05, 0.1) is 16.4 Å². The van der Waals surface area contributed by atoms with Crippen molar-refractivity contribution in [2.24, 2.45) is 0 Å². The van der Waals surface area contributed by atoms with Crippen LogP contribution in [0.2, 0.25) is 0 Å². The molecule has 3 nitrogen and oxygen atoms in total. The fourth-order valence-corrected chi connectivity index (χ4v) is 4.13. The minimum atomic E-state index is 0.922. The Labute approximate surface area is 156 Å². The van der Waals surface area contributed by atoms with Crippen molar-refractivity contribution in [3.8, 4) is 5.82 Å². The minimum absolute atomic E-state index is 0.922. The first kappa shape index (κ1) is 14.6. The molecule has 0 saturated heterocycles. The maximum absolute atomic E-state index is 6.31. The van der Waals surface area contributed by atoms with Gasteiger partial charge in [0, 0.05) is 16.2 Å². The van der Waals surface area contributed by atoms with Gasteiger partial charge in [0.1, 0.15) is 17.0 Å². The number of aromatic nitrogens is 2. The third kappa shape index (κ3) is 1.95. The summed E-state index contributed by atoms with van der Waals surface area (Å²) >= 11 is 0. The van der Waals surface area contributed by atoms with Crippen LogP contribution in [0.3, 0.4) is 0 Å². The molecule has 0 bridgehead atoms. The summed E-state index contributed by atoms with van der Waals surface area (Å²) in [6, 6.07) is 27.2. The monoisotopic (exact) mass is 346 g/mol. The smallest absolute Gasteiger partial charge is 0.164 e. The Morgan fingerprint density at radius 3 is 2.41 bits per heavy atom. The number of rotatable bonds is 1. The molecule has 27 heavy (non-hydrogen) atoms. The number of benzene rings is 3. The third-order valence-electron chi connectivity index (χ3n) is 5.28. The van der Waals surface area contributed by atoms with E-state index in [4.69, 9.17) is 9.40 Å². The Kier molecular flexibility index (Phi) is 2.84. The zero-order chi connectivity index (χ0) is 18.0. The Morgan fingerprint density at radius 1 is 0.704 bits per heavy atom. The molecule has 126 valence electrons. The molecule has 3 aromatic heterocycles. The average molecular weight is 346 g/mol. The lowest BCUT2D eigenvalue weighted by Crippen LogP contribution is -2.10. The zero-order valence-electron chi connectivity index (χ0n) is 14.8. The highest BCUT2D eigenvalue weighted by atomic mass is 16.3. The van der Waals surface area contributed by atoms with Crippen LogP contribution in [0.1, 0.15) is 0 Å². The molecule has 0 N–H and O–H groups in total. The van der Waals surface area contributed by atoms with E-state index >= 15 is 0 Å². The van der Waals surface area contributed by atoms with Crippen molar-refractivity contribution in [3.63, 3.8) is 0 Å². The molecule has 3 aromatic carbocycles. The summed E-state index contributed by atoms with van der Waals surface area (Å²) in [7, 11) is 2.02. The van der Waals surface area contributed by atoms with Crippen molar-refractivity contribution in [2.45, 2.75) is 0 Å². The molecule has 0 aliphatic heterocycles.